The molecule has 0 heterocycles. The van der Waals surface area contributed by atoms with Gasteiger partial charge < -0.3 is 9.84 Å². The van der Waals surface area contributed by atoms with Crippen molar-refractivity contribution in [1.82, 2.24) is 4.72 Å². The van der Waals surface area contributed by atoms with Gasteiger partial charge in [0.1, 0.15) is 0 Å². The van der Waals surface area contributed by atoms with E-state index >= 15 is 0 Å². The van der Waals surface area contributed by atoms with Gasteiger partial charge in [0.2, 0.25) is 10.0 Å². The topological polar surface area (TPSA) is 92.7 Å². The van der Waals surface area contributed by atoms with Crippen molar-refractivity contribution in [2.24, 2.45) is 0 Å². The van der Waals surface area contributed by atoms with Gasteiger partial charge in [0, 0.05) is 13.2 Å². The second-order valence-electron chi connectivity index (χ2n) is 4.40. The number of aromatic carboxylic acids is 1. The van der Waals surface area contributed by atoms with Crippen LogP contribution in [0.25, 0.3) is 0 Å². The van der Waals surface area contributed by atoms with Crippen molar-refractivity contribution in [3.05, 3.63) is 29.3 Å². The Hall–Kier alpha value is -1.44. The van der Waals surface area contributed by atoms with Crippen LogP contribution >= 0.6 is 0 Å². The van der Waals surface area contributed by atoms with Gasteiger partial charge in [-0.15, -0.1) is 0 Å². The first-order chi connectivity index (χ1) is 9.27. The average Bonchev–Trinajstić information content (AvgIpc) is 2.37. The van der Waals surface area contributed by atoms with Gasteiger partial charge >= 0.3 is 5.97 Å². The van der Waals surface area contributed by atoms with E-state index in [-0.39, 0.29) is 23.1 Å². The molecule has 6 nitrogen and oxygen atoms in total. The zero-order valence-electron chi connectivity index (χ0n) is 11.7. The molecule has 1 atom stereocenters. The zero-order chi connectivity index (χ0) is 15.3. The van der Waals surface area contributed by atoms with E-state index in [1.807, 2.05) is 6.92 Å². The molecule has 0 fully saturated rings. The summed E-state index contributed by atoms with van der Waals surface area (Å²) in [5.74, 6) is -1.15. The van der Waals surface area contributed by atoms with Gasteiger partial charge in [-0.3, -0.25) is 0 Å². The quantitative estimate of drug-likeness (QED) is 0.794. The number of ether oxygens (including phenoxy) is 1. The molecule has 0 spiro atoms. The summed E-state index contributed by atoms with van der Waals surface area (Å²) in [5, 5.41) is 9.01. The third-order valence-corrected chi connectivity index (χ3v) is 4.18. The molecule has 7 heteroatoms. The molecule has 1 aromatic carbocycles. The molecule has 0 aliphatic rings. The summed E-state index contributed by atoms with van der Waals surface area (Å²) in [7, 11) is -3.74. The average molecular weight is 301 g/mol. The highest BCUT2D eigenvalue weighted by Crippen LogP contribution is 2.15. The van der Waals surface area contributed by atoms with E-state index < -0.39 is 16.0 Å². The number of aryl methyl sites for hydroxylation is 1. The largest absolute Gasteiger partial charge is 0.478 e. The normalized spacial score (nSPS) is 13.2. The van der Waals surface area contributed by atoms with Crippen LogP contribution in [0.5, 0.6) is 0 Å². The van der Waals surface area contributed by atoms with Crippen LogP contribution in [-0.2, 0) is 14.8 Å². The Bertz CT molecular complexity index is 582. The number of rotatable bonds is 7. The Balaban J connectivity index is 2.93. The second kappa shape index (κ2) is 6.83. The molecule has 20 heavy (non-hydrogen) atoms. The highest BCUT2D eigenvalue weighted by molar-refractivity contribution is 7.89. The minimum atomic E-state index is -3.74. The standard InChI is InChI=1S/C13H19NO5S/c1-4-19-10(3)8-14-20(17,18)11-6-5-9(2)12(7-11)13(15)16/h5-7,10,14H,4,8H2,1-3H3,(H,15,16). The van der Waals surface area contributed by atoms with Crippen LogP contribution in [-0.4, -0.2) is 38.7 Å². The van der Waals surface area contributed by atoms with Crippen molar-refractivity contribution in [3.63, 3.8) is 0 Å². The number of carboxylic acid groups (broad SMARTS) is 1. The maximum Gasteiger partial charge on any atom is 0.335 e. The van der Waals surface area contributed by atoms with Gasteiger partial charge in [0.15, 0.2) is 0 Å². The maximum atomic E-state index is 12.1. The number of benzene rings is 1. The van der Waals surface area contributed by atoms with Gasteiger partial charge in [-0.25, -0.2) is 17.9 Å². The summed E-state index contributed by atoms with van der Waals surface area (Å²) in [6, 6.07) is 4.02. The van der Waals surface area contributed by atoms with Crippen molar-refractivity contribution < 1.29 is 23.1 Å². The molecule has 0 aromatic heterocycles. The first-order valence-electron chi connectivity index (χ1n) is 6.23. The van der Waals surface area contributed by atoms with E-state index in [2.05, 4.69) is 4.72 Å². The number of nitrogens with one attached hydrogen (secondary N) is 1. The highest BCUT2D eigenvalue weighted by Gasteiger charge is 2.18. The van der Waals surface area contributed by atoms with Gasteiger partial charge in [0.05, 0.1) is 16.6 Å². The van der Waals surface area contributed by atoms with E-state index in [1.165, 1.54) is 12.1 Å². The lowest BCUT2D eigenvalue weighted by Crippen LogP contribution is -2.32. The van der Waals surface area contributed by atoms with Crippen LogP contribution in [0.3, 0.4) is 0 Å². The molecule has 0 aliphatic heterocycles. The number of carboxylic acids is 1. The number of carbonyl (C=O) groups is 1. The fourth-order valence-electron chi connectivity index (χ4n) is 1.65. The molecule has 0 aliphatic carbocycles. The Labute approximate surface area is 118 Å². The molecular weight excluding hydrogens is 282 g/mol. The smallest absolute Gasteiger partial charge is 0.335 e. The number of hydrogen-bond donors (Lipinski definition) is 2. The minimum absolute atomic E-state index is 0.0225. The Morgan fingerprint density at radius 1 is 1.45 bits per heavy atom. The summed E-state index contributed by atoms with van der Waals surface area (Å²) < 4.78 is 31.8. The van der Waals surface area contributed by atoms with Crippen LogP contribution in [0.2, 0.25) is 0 Å². The van der Waals surface area contributed by atoms with Crippen LogP contribution in [0.15, 0.2) is 23.1 Å². The molecule has 0 radical (unpaired) electrons. The molecule has 1 rings (SSSR count). The van der Waals surface area contributed by atoms with Crippen molar-refractivity contribution >= 4 is 16.0 Å². The Morgan fingerprint density at radius 2 is 2.10 bits per heavy atom. The van der Waals surface area contributed by atoms with Crippen molar-refractivity contribution in [2.75, 3.05) is 13.2 Å². The first kappa shape index (κ1) is 16.6. The lowest BCUT2D eigenvalue weighted by Gasteiger charge is -2.13. The van der Waals surface area contributed by atoms with E-state index in [0.717, 1.165) is 6.07 Å². The van der Waals surface area contributed by atoms with Crippen molar-refractivity contribution in [3.8, 4) is 0 Å². The molecule has 2 N–H and O–H groups in total. The minimum Gasteiger partial charge on any atom is -0.478 e. The summed E-state index contributed by atoms with van der Waals surface area (Å²) in [6.07, 6.45) is -0.251. The molecule has 0 amide bonds. The third-order valence-electron chi connectivity index (χ3n) is 2.76. The second-order valence-corrected chi connectivity index (χ2v) is 6.17. The van der Waals surface area contributed by atoms with Crippen LogP contribution < -0.4 is 4.72 Å². The highest BCUT2D eigenvalue weighted by atomic mass is 32.2. The maximum absolute atomic E-state index is 12.1. The summed E-state index contributed by atoms with van der Waals surface area (Å²) >= 11 is 0. The van der Waals surface area contributed by atoms with Gasteiger partial charge in [-0.05, 0) is 38.5 Å². The summed E-state index contributed by atoms with van der Waals surface area (Å²) in [6.45, 7) is 5.82. The number of hydrogen-bond acceptors (Lipinski definition) is 4. The zero-order valence-corrected chi connectivity index (χ0v) is 12.5. The predicted octanol–water partition coefficient (Wildman–Crippen LogP) is 1.40. The summed E-state index contributed by atoms with van der Waals surface area (Å²) in [5.41, 5.74) is 0.491. The first-order valence-corrected chi connectivity index (χ1v) is 7.71. The van der Waals surface area contributed by atoms with E-state index in [1.54, 1.807) is 13.8 Å². The van der Waals surface area contributed by atoms with Gasteiger partial charge in [0.25, 0.3) is 0 Å². The molecular formula is C13H19NO5S. The fourth-order valence-corrected chi connectivity index (χ4v) is 2.79. The van der Waals surface area contributed by atoms with Gasteiger partial charge in [-0.2, -0.15) is 0 Å². The van der Waals surface area contributed by atoms with Crippen LogP contribution in [0.1, 0.15) is 29.8 Å². The monoisotopic (exact) mass is 301 g/mol. The predicted molar refractivity (Wildman–Crippen MR) is 74.4 cm³/mol. The van der Waals surface area contributed by atoms with Crippen LogP contribution in [0, 0.1) is 6.92 Å². The molecule has 112 valence electrons. The molecule has 1 unspecified atom stereocenters. The molecule has 1 aromatic rings. The summed E-state index contributed by atoms with van der Waals surface area (Å²) in [4.78, 5) is 11.0. The lowest BCUT2D eigenvalue weighted by atomic mass is 10.1. The number of sulfonamides is 1. The molecule has 0 saturated carbocycles. The van der Waals surface area contributed by atoms with E-state index in [4.69, 9.17) is 9.84 Å². The SMILES string of the molecule is CCOC(C)CNS(=O)(=O)c1ccc(C)c(C(=O)O)c1. The molecule has 0 saturated heterocycles. The Kier molecular flexibility index (Phi) is 5.67. The lowest BCUT2D eigenvalue weighted by molar-refractivity contribution is 0.0695. The van der Waals surface area contributed by atoms with Gasteiger partial charge in [-0.1, -0.05) is 6.07 Å². The third kappa shape index (κ3) is 4.29. The molecule has 0 bridgehead atoms. The Morgan fingerprint density at radius 3 is 2.65 bits per heavy atom. The van der Waals surface area contributed by atoms with Crippen molar-refractivity contribution in [1.29, 1.82) is 0 Å². The fraction of sp³-hybridized carbons (Fsp3) is 0.462. The van der Waals surface area contributed by atoms with E-state index in [9.17, 15) is 13.2 Å². The van der Waals surface area contributed by atoms with E-state index in [0.29, 0.717) is 12.2 Å². The van der Waals surface area contributed by atoms with Crippen LogP contribution in [0.4, 0.5) is 0 Å². The van der Waals surface area contributed by atoms with Crippen molar-refractivity contribution in [2.45, 2.75) is 31.8 Å².